The molecule has 6 nitrogen and oxygen atoms in total. The van der Waals surface area contributed by atoms with Gasteiger partial charge in [-0.25, -0.2) is 0 Å². The number of hydrogen-bond acceptors (Lipinski definition) is 4. The number of nitrogens with zero attached hydrogens (tertiary/aromatic N) is 2. The lowest BCUT2D eigenvalue weighted by atomic mass is 10.1. The first kappa shape index (κ1) is 20.4. The van der Waals surface area contributed by atoms with Crippen LogP contribution in [0.1, 0.15) is 12.0 Å². The van der Waals surface area contributed by atoms with Gasteiger partial charge in [0.15, 0.2) is 0 Å². The molecule has 0 radical (unpaired) electrons. The molecule has 1 saturated heterocycles. The fourth-order valence-electron chi connectivity index (χ4n) is 3.16. The van der Waals surface area contributed by atoms with Gasteiger partial charge in [0.1, 0.15) is 0 Å². The van der Waals surface area contributed by atoms with Gasteiger partial charge in [0.25, 0.3) is 0 Å². The Hall–Kier alpha value is -2.38. The smallest absolute Gasteiger partial charge is 0.242 e. The van der Waals surface area contributed by atoms with Gasteiger partial charge in [-0.2, -0.15) is 0 Å². The molecule has 0 bridgehead atoms. The fourth-order valence-corrected chi connectivity index (χ4v) is 3.43. The number of para-hydroxylation sites is 1. The third kappa shape index (κ3) is 6.35. The zero-order chi connectivity index (χ0) is 19.8. The van der Waals surface area contributed by atoms with Crippen LogP contribution < -0.4 is 15.8 Å². The second-order valence-corrected chi connectivity index (χ2v) is 7.73. The van der Waals surface area contributed by atoms with Crippen molar-refractivity contribution in [1.82, 2.24) is 15.8 Å². The van der Waals surface area contributed by atoms with E-state index in [1.54, 1.807) is 0 Å². The lowest BCUT2D eigenvalue weighted by Crippen LogP contribution is -2.48. The number of piperazine rings is 1. The summed E-state index contributed by atoms with van der Waals surface area (Å²) >= 11 is 3.36. The molecular weight excluding hydrogens is 420 g/mol. The van der Waals surface area contributed by atoms with Gasteiger partial charge in [-0.15, -0.1) is 0 Å². The molecule has 0 saturated carbocycles. The average Bonchev–Trinajstić information content (AvgIpc) is 2.73. The predicted molar refractivity (Wildman–Crippen MR) is 114 cm³/mol. The quantitative estimate of drug-likeness (QED) is 0.671. The van der Waals surface area contributed by atoms with E-state index in [4.69, 9.17) is 0 Å². The summed E-state index contributed by atoms with van der Waals surface area (Å²) in [5.74, 6) is -0.401. The van der Waals surface area contributed by atoms with E-state index in [0.717, 1.165) is 36.2 Å². The van der Waals surface area contributed by atoms with Crippen molar-refractivity contribution in [2.24, 2.45) is 0 Å². The van der Waals surface area contributed by atoms with Crippen LogP contribution in [-0.2, 0) is 16.0 Å². The molecule has 148 valence electrons. The molecule has 2 aromatic carbocycles. The second kappa shape index (κ2) is 10.2. The molecule has 0 aliphatic carbocycles. The van der Waals surface area contributed by atoms with Gasteiger partial charge >= 0.3 is 0 Å². The fraction of sp³-hybridized carbons (Fsp3) is 0.333. The maximum Gasteiger partial charge on any atom is 0.242 e. The number of halogens is 1. The lowest BCUT2D eigenvalue weighted by molar-refractivity contribution is -0.128. The molecule has 1 aliphatic heterocycles. The molecular formula is C21H25BrN4O2. The highest BCUT2D eigenvalue weighted by Crippen LogP contribution is 2.15. The zero-order valence-electron chi connectivity index (χ0n) is 15.7. The zero-order valence-corrected chi connectivity index (χ0v) is 17.3. The molecule has 2 N–H and O–H groups in total. The Morgan fingerprint density at radius 1 is 0.857 bits per heavy atom. The molecule has 2 amide bonds. The largest absolute Gasteiger partial charge is 0.369 e. The minimum Gasteiger partial charge on any atom is -0.369 e. The first-order chi connectivity index (χ1) is 13.6. The molecule has 2 aromatic rings. The maximum absolute atomic E-state index is 12.0. The number of nitrogens with one attached hydrogen (secondary N) is 2. The Balaban J connectivity index is 1.31. The van der Waals surface area contributed by atoms with Crippen LogP contribution in [-0.4, -0.2) is 49.4 Å². The van der Waals surface area contributed by atoms with Crippen molar-refractivity contribution < 1.29 is 9.59 Å². The van der Waals surface area contributed by atoms with Gasteiger partial charge in [0.05, 0.1) is 6.42 Å². The van der Waals surface area contributed by atoms with Crippen molar-refractivity contribution in [2.45, 2.75) is 12.8 Å². The minimum atomic E-state index is -0.229. The van der Waals surface area contributed by atoms with Crippen molar-refractivity contribution in [3.63, 3.8) is 0 Å². The Labute approximate surface area is 174 Å². The van der Waals surface area contributed by atoms with E-state index in [9.17, 15) is 9.59 Å². The van der Waals surface area contributed by atoms with E-state index in [1.165, 1.54) is 5.69 Å². The molecule has 7 heteroatoms. The van der Waals surface area contributed by atoms with E-state index in [1.807, 2.05) is 30.3 Å². The van der Waals surface area contributed by atoms with Crippen LogP contribution in [0.5, 0.6) is 0 Å². The average molecular weight is 445 g/mol. The van der Waals surface area contributed by atoms with E-state index in [2.05, 4.69) is 60.8 Å². The summed E-state index contributed by atoms with van der Waals surface area (Å²) in [4.78, 5) is 28.6. The van der Waals surface area contributed by atoms with Gasteiger partial charge < -0.3 is 4.90 Å². The lowest BCUT2D eigenvalue weighted by Gasteiger charge is -2.36. The third-order valence-electron chi connectivity index (χ3n) is 4.77. The molecule has 28 heavy (non-hydrogen) atoms. The molecule has 3 rings (SSSR count). The monoisotopic (exact) mass is 444 g/mol. The van der Waals surface area contributed by atoms with Crippen LogP contribution in [0.15, 0.2) is 59.1 Å². The summed E-state index contributed by atoms with van der Waals surface area (Å²) in [6, 6.07) is 17.9. The number of amides is 2. The molecule has 0 aromatic heterocycles. The van der Waals surface area contributed by atoms with Crippen molar-refractivity contribution >= 4 is 33.4 Å². The molecule has 0 unspecified atom stereocenters. The van der Waals surface area contributed by atoms with Gasteiger partial charge in [0, 0.05) is 49.3 Å². The van der Waals surface area contributed by atoms with E-state index in [-0.39, 0.29) is 18.2 Å². The van der Waals surface area contributed by atoms with E-state index >= 15 is 0 Å². The molecule has 1 fully saturated rings. The molecule has 1 aliphatic rings. The summed E-state index contributed by atoms with van der Waals surface area (Å²) < 4.78 is 0.967. The normalized spacial score (nSPS) is 14.5. The van der Waals surface area contributed by atoms with Crippen molar-refractivity contribution in [3.05, 3.63) is 64.6 Å². The molecule has 1 heterocycles. The number of carbonyl (C=O) groups is 2. The summed E-state index contributed by atoms with van der Waals surface area (Å²) in [7, 11) is 0. The Bertz CT molecular complexity index is 775. The highest BCUT2D eigenvalue weighted by atomic mass is 79.9. The first-order valence-electron chi connectivity index (χ1n) is 9.44. The van der Waals surface area contributed by atoms with Crippen LogP contribution in [0, 0.1) is 0 Å². The van der Waals surface area contributed by atoms with E-state index in [0.29, 0.717) is 13.0 Å². The van der Waals surface area contributed by atoms with Crippen molar-refractivity contribution in [2.75, 3.05) is 37.6 Å². The summed E-state index contributed by atoms with van der Waals surface area (Å²) in [6.07, 6.45) is 0.596. The Morgan fingerprint density at radius 2 is 1.50 bits per heavy atom. The predicted octanol–water partition coefficient (Wildman–Crippen LogP) is 2.35. The summed E-state index contributed by atoms with van der Waals surface area (Å²) in [5, 5.41) is 0. The number of rotatable bonds is 6. The van der Waals surface area contributed by atoms with Crippen molar-refractivity contribution in [1.29, 1.82) is 0 Å². The van der Waals surface area contributed by atoms with Gasteiger partial charge in [-0.05, 0) is 29.8 Å². The third-order valence-corrected chi connectivity index (χ3v) is 5.30. The summed E-state index contributed by atoms with van der Waals surface area (Å²) in [6.45, 7) is 4.46. The number of anilines is 1. The van der Waals surface area contributed by atoms with Gasteiger partial charge in [0.2, 0.25) is 11.8 Å². The molecule has 0 atom stereocenters. The standard InChI is InChI=1S/C21H25BrN4O2/c22-18-8-6-17(7-9-18)16-21(28)24-23-20(27)10-11-25-12-14-26(15-13-25)19-4-2-1-3-5-19/h1-9H,10-16H2,(H,23,27)(H,24,28). The summed E-state index contributed by atoms with van der Waals surface area (Å²) in [5.41, 5.74) is 7.13. The highest BCUT2D eigenvalue weighted by Gasteiger charge is 2.17. The number of carbonyl (C=O) groups excluding carboxylic acids is 2. The van der Waals surface area contributed by atoms with Crippen LogP contribution in [0.3, 0.4) is 0 Å². The highest BCUT2D eigenvalue weighted by molar-refractivity contribution is 9.10. The number of benzene rings is 2. The SMILES string of the molecule is O=C(CCN1CCN(c2ccccc2)CC1)NNC(=O)Cc1ccc(Br)cc1. The minimum absolute atomic E-state index is 0.172. The number of hydrazine groups is 1. The number of hydrogen-bond donors (Lipinski definition) is 2. The topological polar surface area (TPSA) is 64.7 Å². The van der Waals surface area contributed by atoms with Gasteiger partial charge in [-0.3, -0.25) is 25.3 Å². The Morgan fingerprint density at radius 3 is 2.18 bits per heavy atom. The maximum atomic E-state index is 12.0. The molecule has 0 spiro atoms. The van der Waals surface area contributed by atoms with Crippen LogP contribution in [0.4, 0.5) is 5.69 Å². The second-order valence-electron chi connectivity index (χ2n) is 6.81. The van der Waals surface area contributed by atoms with Crippen LogP contribution >= 0.6 is 15.9 Å². The Kier molecular flexibility index (Phi) is 7.45. The van der Waals surface area contributed by atoms with Crippen molar-refractivity contribution in [3.8, 4) is 0 Å². The van der Waals surface area contributed by atoms with Crippen LogP contribution in [0.2, 0.25) is 0 Å². The van der Waals surface area contributed by atoms with Crippen LogP contribution in [0.25, 0.3) is 0 Å². The van der Waals surface area contributed by atoms with Gasteiger partial charge in [-0.1, -0.05) is 46.3 Å². The first-order valence-corrected chi connectivity index (χ1v) is 10.2. The van der Waals surface area contributed by atoms with E-state index < -0.39 is 0 Å².